The third-order valence-corrected chi connectivity index (χ3v) is 3.51. The number of nitrogens with zero attached hydrogens (tertiary/aromatic N) is 2. The van der Waals surface area contributed by atoms with Crippen LogP contribution in [0.25, 0.3) is 0 Å². The molecule has 0 N–H and O–H groups in total. The predicted molar refractivity (Wildman–Crippen MR) is 64.0 cm³/mol. The summed E-state index contributed by atoms with van der Waals surface area (Å²) < 4.78 is 0. The Bertz CT molecular complexity index is 359. The molecule has 1 unspecified atom stereocenters. The fourth-order valence-corrected chi connectivity index (χ4v) is 2.61. The number of terminal acetylenes is 1. The SMILES string of the molecule is C#CCCCN1CCC(=O)N2CCCC2C1=O. The van der Waals surface area contributed by atoms with Gasteiger partial charge in [-0.15, -0.1) is 12.3 Å². The zero-order valence-electron chi connectivity index (χ0n) is 10.0. The summed E-state index contributed by atoms with van der Waals surface area (Å²) in [5, 5.41) is 0. The van der Waals surface area contributed by atoms with Crippen molar-refractivity contribution in [2.24, 2.45) is 0 Å². The second-order valence-electron chi connectivity index (χ2n) is 4.63. The van der Waals surface area contributed by atoms with Gasteiger partial charge in [-0.05, 0) is 19.3 Å². The van der Waals surface area contributed by atoms with E-state index in [0.717, 1.165) is 25.8 Å². The van der Waals surface area contributed by atoms with Crippen molar-refractivity contribution < 1.29 is 9.59 Å². The number of rotatable bonds is 3. The minimum absolute atomic E-state index is 0.116. The first kappa shape index (κ1) is 12.0. The molecule has 0 bridgehead atoms. The van der Waals surface area contributed by atoms with Crippen molar-refractivity contribution in [3.63, 3.8) is 0 Å². The molecule has 92 valence electrons. The van der Waals surface area contributed by atoms with Crippen LogP contribution in [0.15, 0.2) is 0 Å². The van der Waals surface area contributed by atoms with Crippen molar-refractivity contribution in [1.29, 1.82) is 0 Å². The van der Waals surface area contributed by atoms with Crippen LogP contribution in [0, 0.1) is 12.3 Å². The van der Waals surface area contributed by atoms with Gasteiger partial charge in [-0.3, -0.25) is 9.59 Å². The molecule has 2 amide bonds. The molecule has 2 aliphatic heterocycles. The summed E-state index contributed by atoms with van der Waals surface area (Å²) in [6.07, 6.45) is 8.93. The zero-order valence-corrected chi connectivity index (χ0v) is 10.0. The average molecular weight is 234 g/mol. The number of hydrogen-bond donors (Lipinski definition) is 0. The van der Waals surface area contributed by atoms with E-state index in [1.54, 1.807) is 4.90 Å². The molecule has 1 atom stereocenters. The van der Waals surface area contributed by atoms with Crippen molar-refractivity contribution in [3.8, 4) is 12.3 Å². The molecule has 0 aromatic carbocycles. The maximum absolute atomic E-state index is 12.2. The molecule has 0 aliphatic carbocycles. The molecule has 2 aliphatic rings. The van der Waals surface area contributed by atoms with Crippen LogP contribution in [0.2, 0.25) is 0 Å². The first-order chi connectivity index (χ1) is 8.24. The highest BCUT2D eigenvalue weighted by molar-refractivity contribution is 5.90. The summed E-state index contributed by atoms with van der Waals surface area (Å²) in [6.45, 7) is 1.98. The summed E-state index contributed by atoms with van der Waals surface area (Å²) in [6, 6.07) is -0.198. The Labute approximate surface area is 102 Å². The van der Waals surface area contributed by atoms with Gasteiger partial charge >= 0.3 is 0 Å². The molecule has 0 saturated carbocycles. The number of unbranched alkanes of at least 4 members (excludes halogenated alkanes) is 1. The molecule has 0 radical (unpaired) electrons. The van der Waals surface area contributed by atoms with Crippen molar-refractivity contribution in [2.45, 2.75) is 38.1 Å². The Morgan fingerprint density at radius 3 is 2.94 bits per heavy atom. The Kier molecular flexibility index (Phi) is 3.68. The lowest BCUT2D eigenvalue weighted by molar-refractivity contribution is -0.139. The van der Waals surface area contributed by atoms with Crippen molar-refractivity contribution in [2.75, 3.05) is 19.6 Å². The van der Waals surface area contributed by atoms with Crippen molar-refractivity contribution in [3.05, 3.63) is 0 Å². The maximum Gasteiger partial charge on any atom is 0.245 e. The van der Waals surface area contributed by atoms with E-state index in [1.807, 2.05) is 4.90 Å². The third kappa shape index (κ3) is 2.44. The summed E-state index contributed by atoms with van der Waals surface area (Å²) in [5.74, 6) is 2.82. The number of carbonyl (C=O) groups is 2. The quantitative estimate of drug-likeness (QED) is 0.530. The van der Waals surface area contributed by atoms with Gasteiger partial charge < -0.3 is 9.80 Å². The van der Waals surface area contributed by atoms with Crippen LogP contribution in [0.5, 0.6) is 0 Å². The monoisotopic (exact) mass is 234 g/mol. The molecule has 17 heavy (non-hydrogen) atoms. The molecule has 2 rings (SSSR count). The maximum atomic E-state index is 12.2. The summed E-state index contributed by atoms with van der Waals surface area (Å²) in [5.41, 5.74) is 0. The summed E-state index contributed by atoms with van der Waals surface area (Å²) in [7, 11) is 0. The minimum atomic E-state index is -0.198. The number of carbonyl (C=O) groups excluding carboxylic acids is 2. The van der Waals surface area contributed by atoms with Crippen LogP contribution < -0.4 is 0 Å². The van der Waals surface area contributed by atoms with Gasteiger partial charge in [-0.25, -0.2) is 0 Å². The number of fused-ring (bicyclic) bond motifs is 1. The summed E-state index contributed by atoms with van der Waals surface area (Å²) >= 11 is 0. The molecule has 0 aromatic rings. The van der Waals surface area contributed by atoms with E-state index in [9.17, 15) is 9.59 Å². The van der Waals surface area contributed by atoms with E-state index >= 15 is 0 Å². The Morgan fingerprint density at radius 2 is 2.18 bits per heavy atom. The molecule has 2 heterocycles. The summed E-state index contributed by atoms with van der Waals surface area (Å²) in [4.78, 5) is 27.6. The average Bonchev–Trinajstić information content (AvgIpc) is 2.77. The van der Waals surface area contributed by atoms with Crippen LogP contribution >= 0.6 is 0 Å². The van der Waals surface area contributed by atoms with E-state index in [0.29, 0.717) is 25.9 Å². The molecular formula is C13H18N2O2. The van der Waals surface area contributed by atoms with Gasteiger partial charge in [-0.2, -0.15) is 0 Å². The Hall–Kier alpha value is -1.50. The first-order valence-corrected chi connectivity index (χ1v) is 6.26. The highest BCUT2D eigenvalue weighted by atomic mass is 16.2. The lowest BCUT2D eigenvalue weighted by Gasteiger charge is -2.24. The van der Waals surface area contributed by atoms with E-state index < -0.39 is 0 Å². The van der Waals surface area contributed by atoms with Gasteiger partial charge in [0.2, 0.25) is 11.8 Å². The fourth-order valence-electron chi connectivity index (χ4n) is 2.61. The van der Waals surface area contributed by atoms with Gasteiger partial charge in [0.15, 0.2) is 0 Å². The van der Waals surface area contributed by atoms with Crippen LogP contribution in [0.4, 0.5) is 0 Å². The highest BCUT2D eigenvalue weighted by Crippen LogP contribution is 2.23. The van der Waals surface area contributed by atoms with E-state index in [1.165, 1.54) is 0 Å². The standard InChI is InChI=1S/C13H18N2O2/c1-2-3-4-8-14-10-7-12(16)15-9-5-6-11(15)13(14)17/h1,11H,3-10H2. The molecule has 2 fully saturated rings. The smallest absolute Gasteiger partial charge is 0.245 e. The van der Waals surface area contributed by atoms with Gasteiger partial charge in [0.05, 0.1) is 0 Å². The van der Waals surface area contributed by atoms with Gasteiger partial charge in [-0.1, -0.05) is 0 Å². The zero-order chi connectivity index (χ0) is 12.3. The van der Waals surface area contributed by atoms with Crippen molar-refractivity contribution >= 4 is 11.8 Å². The van der Waals surface area contributed by atoms with Gasteiger partial charge in [0.25, 0.3) is 0 Å². The minimum Gasteiger partial charge on any atom is -0.340 e. The molecule has 0 aromatic heterocycles. The highest BCUT2D eigenvalue weighted by Gasteiger charge is 2.38. The van der Waals surface area contributed by atoms with E-state index in [-0.39, 0.29) is 17.9 Å². The second kappa shape index (κ2) is 5.22. The number of hydrogen-bond acceptors (Lipinski definition) is 2. The van der Waals surface area contributed by atoms with E-state index in [2.05, 4.69) is 5.92 Å². The first-order valence-electron chi connectivity index (χ1n) is 6.26. The van der Waals surface area contributed by atoms with Gasteiger partial charge in [0, 0.05) is 32.5 Å². The topological polar surface area (TPSA) is 40.6 Å². The molecule has 4 nitrogen and oxygen atoms in total. The Morgan fingerprint density at radius 1 is 1.35 bits per heavy atom. The van der Waals surface area contributed by atoms with Crippen molar-refractivity contribution in [1.82, 2.24) is 9.80 Å². The molecule has 4 heteroatoms. The fraction of sp³-hybridized carbons (Fsp3) is 0.692. The van der Waals surface area contributed by atoms with Gasteiger partial charge in [0.1, 0.15) is 6.04 Å². The predicted octanol–water partition coefficient (Wildman–Crippen LogP) is 0.623. The van der Waals surface area contributed by atoms with Crippen LogP contribution in [0.3, 0.4) is 0 Å². The van der Waals surface area contributed by atoms with E-state index in [4.69, 9.17) is 6.42 Å². The largest absolute Gasteiger partial charge is 0.340 e. The molecule has 2 saturated heterocycles. The second-order valence-corrected chi connectivity index (χ2v) is 4.63. The van der Waals surface area contributed by atoms with Crippen LogP contribution in [0.1, 0.15) is 32.1 Å². The lowest BCUT2D eigenvalue weighted by Crippen LogP contribution is -2.43. The molecular weight excluding hydrogens is 216 g/mol. The Balaban J connectivity index is 2.02. The normalized spacial score (nSPS) is 24.5. The molecule has 0 spiro atoms. The lowest BCUT2D eigenvalue weighted by atomic mass is 10.2. The van der Waals surface area contributed by atoms with Crippen LogP contribution in [-0.2, 0) is 9.59 Å². The van der Waals surface area contributed by atoms with Crippen LogP contribution in [-0.4, -0.2) is 47.3 Å². The third-order valence-electron chi connectivity index (χ3n) is 3.51. The number of amides is 2.